The molecule has 0 radical (unpaired) electrons. The summed E-state index contributed by atoms with van der Waals surface area (Å²) in [5.41, 5.74) is -2.36. The second kappa shape index (κ2) is 12.7. The zero-order chi connectivity index (χ0) is 31.7. The van der Waals surface area contributed by atoms with Gasteiger partial charge in [0.05, 0.1) is 17.1 Å². The summed E-state index contributed by atoms with van der Waals surface area (Å²) in [7, 11) is -9.19. The number of nitrogens with one attached hydrogen (secondary N) is 2. The number of amides is 1. The van der Waals surface area contributed by atoms with E-state index in [0.29, 0.717) is 5.56 Å². The van der Waals surface area contributed by atoms with Gasteiger partial charge in [0.25, 0.3) is 5.56 Å². The third kappa shape index (κ3) is 8.28. The molecule has 17 nitrogen and oxygen atoms in total. The Kier molecular flexibility index (Phi) is 9.83. The van der Waals surface area contributed by atoms with Crippen molar-refractivity contribution in [2.24, 2.45) is 0 Å². The van der Waals surface area contributed by atoms with Crippen LogP contribution in [0.25, 0.3) is 0 Å². The maximum Gasteiger partial charge on any atom is 0.407 e. The summed E-state index contributed by atoms with van der Waals surface area (Å²) in [5.74, 6) is -1.10. The van der Waals surface area contributed by atoms with Crippen LogP contribution in [0.3, 0.4) is 0 Å². The summed E-state index contributed by atoms with van der Waals surface area (Å²) in [6, 6.07) is 6.21. The van der Waals surface area contributed by atoms with Crippen LogP contribution < -0.4 is 21.9 Å². The fourth-order valence-electron chi connectivity index (χ4n) is 4.87. The summed E-state index contributed by atoms with van der Waals surface area (Å²) in [6.07, 6.45) is -5.38. The molecule has 43 heavy (non-hydrogen) atoms. The molecule has 0 spiro atoms. The normalized spacial score (nSPS) is 24.7. The van der Waals surface area contributed by atoms with E-state index in [0.717, 1.165) is 10.6 Å². The Bertz CT molecular complexity index is 1510. The lowest BCUT2D eigenvalue weighted by atomic mass is 10.0. The molecule has 19 heteroatoms. The van der Waals surface area contributed by atoms with Crippen LogP contribution in [-0.2, 0) is 34.7 Å². The fraction of sp³-hybridized carbons (Fsp3) is 0.542. The highest BCUT2D eigenvalue weighted by Gasteiger charge is 2.57. The van der Waals surface area contributed by atoms with Crippen molar-refractivity contribution in [1.29, 1.82) is 0 Å². The third-order valence-electron chi connectivity index (χ3n) is 6.97. The van der Waals surface area contributed by atoms with E-state index in [2.05, 4.69) is 10.3 Å². The number of aromatic nitrogens is 2. The van der Waals surface area contributed by atoms with Crippen LogP contribution in [0, 0.1) is 0 Å². The molecule has 0 saturated carbocycles. The monoisotopic (exact) mass is 649 g/mol. The van der Waals surface area contributed by atoms with Crippen molar-refractivity contribution in [2.75, 3.05) is 6.54 Å². The molecule has 2 saturated heterocycles. The predicted octanol–water partition coefficient (Wildman–Crippen LogP) is -0.629. The average Bonchev–Trinajstić information content (AvgIpc) is 3.39. The van der Waals surface area contributed by atoms with Gasteiger partial charge in [0.2, 0.25) is 0 Å². The number of carbonyl (C=O) groups is 1. The number of benzene rings is 1. The Morgan fingerprint density at radius 3 is 2.33 bits per heavy atom. The van der Waals surface area contributed by atoms with Crippen LogP contribution in [0.5, 0.6) is 0 Å². The molecule has 1 amide bonds. The van der Waals surface area contributed by atoms with Gasteiger partial charge >= 0.3 is 27.0 Å². The number of rotatable bonds is 11. The molecule has 2 aromatic rings. The van der Waals surface area contributed by atoms with Crippen LogP contribution >= 0.6 is 15.2 Å². The number of fused-ring (bicyclic) bond motifs is 1. The first kappa shape index (κ1) is 33.2. The molecule has 2 unspecified atom stereocenters. The molecule has 0 bridgehead atoms. The molecule has 6 atom stereocenters. The lowest BCUT2D eigenvalue weighted by Crippen LogP contribution is -2.39. The topological polar surface area (TPSA) is 256 Å². The van der Waals surface area contributed by atoms with Crippen molar-refractivity contribution in [3.63, 3.8) is 0 Å². The van der Waals surface area contributed by atoms with Gasteiger partial charge in [-0.3, -0.25) is 23.5 Å². The summed E-state index contributed by atoms with van der Waals surface area (Å²) in [6.45, 7) is 2.50. The first-order chi connectivity index (χ1) is 19.9. The van der Waals surface area contributed by atoms with E-state index in [1.807, 2.05) is 0 Å². The first-order valence-corrected chi connectivity index (χ1v) is 16.4. The minimum atomic E-state index is -4.76. The zero-order valence-corrected chi connectivity index (χ0v) is 24.8. The van der Waals surface area contributed by atoms with E-state index < -0.39 is 81.2 Å². The highest BCUT2D eigenvalue weighted by molar-refractivity contribution is 7.60. The number of aliphatic hydroxyl groups excluding tert-OH is 1. The molecule has 2 aliphatic rings. The van der Waals surface area contributed by atoms with E-state index in [4.69, 9.17) is 28.7 Å². The Balaban J connectivity index is 1.35. The molecular formula is C24H33N3O14P2. The van der Waals surface area contributed by atoms with Crippen molar-refractivity contribution in [2.45, 2.75) is 75.4 Å². The number of ether oxygens (including phenoxy) is 4. The Morgan fingerprint density at radius 2 is 1.72 bits per heavy atom. The summed E-state index contributed by atoms with van der Waals surface area (Å²) in [5, 5.41) is 13.1. The molecule has 3 heterocycles. The van der Waals surface area contributed by atoms with Crippen molar-refractivity contribution in [3.8, 4) is 0 Å². The van der Waals surface area contributed by atoms with Crippen LogP contribution in [0.4, 0.5) is 4.79 Å². The number of alkyl carbamates (subject to hydrolysis) is 1. The molecule has 1 aromatic heterocycles. The lowest BCUT2D eigenvalue weighted by Gasteiger charge is -2.27. The van der Waals surface area contributed by atoms with Crippen LogP contribution in [-0.4, -0.2) is 82.7 Å². The lowest BCUT2D eigenvalue weighted by molar-refractivity contribution is -0.208. The van der Waals surface area contributed by atoms with Gasteiger partial charge in [-0.15, -0.1) is 0 Å². The van der Waals surface area contributed by atoms with E-state index in [1.165, 1.54) is 30.5 Å². The summed E-state index contributed by atoms with van der Waals surface area (Å²) < 4.78 is 47.2. The zero-order valence-electron chi connectivity index (χ0n) is 23.0. The smallest absolute Gasteiger partial charge is 0.407 e. The van der Waals surface area contributed by atoms with Crippen molar-refractivity contribution in [1.82, 2.24) is 14.9 Å². The van der Waals surface area contributed by atoms with Crippen LogP contribution in [0.15, 0.2) is 46.1 Å². The highest BCUT2D eigenvalue weighted by Crippen LogP contribution is 2.46. The van der Waals surface area contributed by atoms with E-state index in [9.17, 15) is 38.4 Å². The fourth-order valence-corrected chi connectivity index (χ4v) is 6.22. The van der Waals surface area contributed by atoms with Gasteiger partial charge in [-0.25, -0.2) is 9.59 Å². The van der Waals surface area contributed by atoms with Gasteiger partial charge in [0.1, 0.15) is 24.9 Å². The highest BCUT2D eigenvalue weighted by atomic mass is 31.2. The minimum absolute atomic E-state index is 0.191. The van der Waals surface area contributed by atoms with Crippen LogP contribution in [0.1, 0.15) is 38.5 Å². The quantitative estimate of drug-likeness (QED) is 0.150. The van der Waals surface area contributed by atoms with Gasteiger partial charge in [0.15, 0.2) is 12.0 Å². The number of hydrogen-bond donors (Lipinski definition) is 7. The van der Waals surface area contributed by atoms with Gasteiger partial charge in [-0.2, -0.15) is 0 Å². The van der Waals surface area contributed by atoms with Gasteiger partial charge in [0, 0.05) is 18.8 Å². The molecule has 0 aliphatic carbocycles. The molecule has 2 aliphatic heterocycles. The number of hydrogen-bond acceptors (Lipinski definition) is 10. The largest absolute Gasteiger partial charge is 0.445 e. The van der Waals surface area contributed by atoms with E-state index >= 15 is 0 Å². The van der Waals surface area contributed by atoms with Crippen molar-refractivity contribution >= 4 is 26.6 Å². The second-order valence-electron chi connectivity index (χ2n) is 10.6. The Morgan fingerprint density at radius 1 is 1.07 bits per heavy atom. The molecule has 2 fully saturated rings. The minimum Gasteiger partial charge on any atom is -0.445 e. The maximum absolute atomic E-state index is 12.4. The van der Waals surface area contributed by atoms with Gasteiger partial charge in [-0.1, -0.05) is 12.1 Å². The molecule has 1 aromatic carbocycles. The SMILES string of the molecule is CC1(C)O[C@@H]2[C@H](O1)[C@@H](C(O)CCC(CNC(=O)OCc1ccc(P(=O)(O)O)cc1)P(=O)(O)O)O[C@H]2n1ccc(=O)[nH]c1=O. The summed E-state index contributed by atoms with van der Waals surface area (Å²) in [4.78, 5) is 76.2. The number of aliphatic hydroxyl groups is 1. The van der Waals surface area contributed by atoms with Crippen LogP contribution in [0.2, 0.25) is 0 Å². The number of H-pyrrole nitrogens is 1. The third-order valence-corrected chi connectivity index (χ3v) is 9.33. The average molecular weight is 649 g/mol. The molecule has 7 N–H and O–H groups in total. The van der Waals surface area contributed by atoms with Gasteiger partial charge in [-0.05, 0) is 44.4 Å². The standard InChI is InChI=1S/C24H33N3O14P2/c1-24(2)40-19-18(39-21(20(19)41-24)27-10-9-17(29)26-22(27)30)16(28)8-7-15(43(35,36)37)11-25-23(31)38-12-13-3-5-14(6-4-13)42(32,33)34/h3-6,9-10,15-16,18-21,28H,7-8,11-12H2,1-2H3,(H,25,31)(H,26,29,30)(H2,32,33,34)(H2,35,36,37)/t15?,16?,18-,19-,20-,21-/m1/s1. The predicted molar refractivity (Wildman–Crippen MR) is 146 cm³/mol. The Hall–Kier alpha value is -2.69. The van der Waals surface area contributed by atoms with Gasteiger partial charge < -0.3 is 48.9 Å². The number of aromatic amines is 1. The molecular weight excluding hydrogens is 616 g/mol. The van der Waals surface area contributed by atoms with Crippen molar-refractivity contribution in [3.05, 3.63) is 62.9 Å². The van der Waals surface area contributed by atoms with E-state index in [1.54, 1.807) is 13.8 Å². The number of nitrogens with zero attached hydrogens (tertiary/aromatic N) is 1. The summed E-state index contributed by atoms with van der Waals surface area (Å²) >= 11 is 0. The van der Waals surface area contributed by atoms with Crippen molar-refractivity contribution < 1.29 is 57.6 Å². The second-order valence-corrected chi connectivity index (χ2v) is 14.1. The first-order valence-electron chi connectivity index (χ1n) is 13.1. The van der Waals surface area contributed by atoms with E-state index in [-0.39, 0.29) is 24.8 Å². The Labute approximate surface area is 244 Å². The molecule has 238 valence electrons. The maximum atomic E-state index is 12.4. The number of carbonyl (C=O) groups excluding carboxylic acids is 1. The molecule has 4 rings (SSSR count).